The van der Waals surface area contributed by atoms with Crippen LogP contribution >= 0.6 is 0 Å². The number of fused-ring (bicyclic) bond motifs is 1. The molecule has 13 heteroatoms. The number of rotatable bonds is 14. The van der Waals surface area contributed by atoms with Gasteiger partial charge in [-0.3, -0.25) is 19.7 Å². The standard InChI is InChI=1S/C33H38N4O9/c1-3-4-17-46-33(40)35(30-8-5-6-16-36(30)41)15-7-18-45-29-14-11-25-19-26(21-31(38)44-2)32(39)34(23-27(25)20-29)22-24-9-12-28(13-10-24)37(42)43/h5-6,8-14,16,20,26H,3-4,7,15,17-19,21-23H2,1-2H3/t26-/m1/s1. The number of amides is 2. The number of anilines is 1. The Morgan fingerprint density at radius 1 is 1.07 bits per heavy atom. The highest BCUT2D eigenvalue weighted by atomic mass is 16.6. The Labute approximate surface area is 267 Å². The second kappa shape index (κ2) is 16.2. The SMILES string of the molecule is CCCCOC(=O)N(CCCOc1ccc2c(c1)CN(Cc1ccc([N+](=O)[O-])cc1)C(=O)[C@@H](CC(=O)OC)C2)c1cccc[n+]1[O-]. The number of esters is 1. The highest BCUT2D eigenvalue weighted by Gasteiger charge is 2.32. The molecule has 2 amide bonds. The summed E-state index contributed by atoms with van der Waals surface area (Å²) in [6.45, 7) is 3.11. The largest absolute Gasteiger partial charge is 0.711 e. The maximum absolute atomic E-state index is 13.6. The van der Waals surface area contributed by atoms with Crippen LogP contribution in [0, 0.1) is 21.2 Å². The van der Waals surface area contributed by atoms with Gasteiger partial charge in [-0.25, -0.2) is 4.73 Å². The number of ether oxygens (including phenoxy) is 3. The van der Waals surface area contributed by atoms with Gasteiger partial charge in [0.25, 0.3) is 11.5 Å². The number of nitro benzene ring substituents is 1. The molecule has 2 aromatic carbocycles. The number of carbonyl (C=O) groups excluding carboxylic acids is 3. The van der Waals surface area contributed by atoms with E-state index >= 15 is 0 Å². The third-order valence-electron chi connectivity index (χ3n) is 7.65. The molecule has 3 aromatic rings. The van der Waals surface area contributed by atoms with Crippen LogP contribution in [0.3, 0.4) is 0 Å². The molecule has 0 aliphatic carbocycles. The van der Waals surface area contributed by atoms with Crippen molar-refractivity contribution < 1.29 is 38.2 Å². The number of carbonyl (C=O) groups is 3. The van der Waals surface area contributed by atoms with Crippen molar-refractivity contribution in [2.75, 3.05) is 31.8 Å². The molecule has 0 saturated heterocycles. The van der Waals surface area contributed by atoms with Crippen LogP contribution in [0.2, 0.25) is 0 Å². The minimum absolute atomic E-state index is 0.0471. The average molecular weight is 635 g/mol. The number of non-ortho nitro benzene ring substituents is 1. The fraction of sp³-hybridized carbons (Fsp3) is 0.394. The highest BCUT2D eigenvalue weighted by molar-refractivity contribution is 5.86. The van der Waals surface area contributed by atoms with Crippen LogP contribution in [0.4, 0.5) is 16.3 Å². The summed E-state index contributed by atoms with van der Waals surface area (Å²) in [5.74, 6) is -0.622. The summed E-state index contributed by atoms with van der Waals surface area (Å²) in [6.07, 6.45) is 2.96. The van der Waals surface area contributed by atoms with Crippen molar-refractivity contribution >= 4 is 29.5 Å². The lowest BCUT2D eigenvalue weighted by Crippen LogP contribution is -2.42. The first-order valence-corrected chi connectivity index (χ1v) is 15.2. The molecule has 0 unspecified atom stereocenters. The van der Waals surface area contributed by atoms with E-state index in [1.165, 1.54) is 30.3 Å². The van der Waals surface area contributed by atoms with Crippen LogP contribution in [0.25, 0.3) is 0 Å². The lowest BCUT2D eigenvalue weighted by molar-refractivity contribution is -0.591. The molecule has 244 valence electrons. The molecular weight excluding hydrogens is 596 g/mol. The number of nitrogens with zero attached hydrogens (tertiary/aromatic N) is 4. The average Bonchev–Trinajstić information content (AvgIpc) is 3.17. The van der Waals surface area contributed by atoms with E-state index in [-0.39, 0.29) is 56.7 Å². The van der Waals surface area contributed by atoms with E-state index < -0.39 is 22.9 Å². The fourth-order valence-corrected chi connectivity index (χ4v) is 5.18. The number of unbranched alkanes of at least 4 members (excludes halogenated alkanes) is 1. The molecular formula is C33H38N4O9. The quantitative estimate of drug-likeness (QED) is 0.0612. The Hall–Kier alpha value is -5.20. The van der Waals surface area contributed by atoms with E-state index in [4.69, 9.17) is 14.2 Å². The van der Waals surface area contributed by atoms with Gasteiger partial charge < -0.3 is 24.3 Å². The van der Waals surface area contributed by atoms with E-state index in [0.717, 1.165) is 17.5 Å². The minimum atomic E-state index is -0.636. The van der Waals surface area contributed by atoms with Crippen LogP contribution in [0.5, 0.6) is 5.75 Å². The summed E-state index contributed by atoms with van der Waals surface area (Å²) in [7, 11) is 1.28. The predicted molar refractivity (Wildman–Crippen MR) is 167 cm³/mol. The number of hydrogen-bond donors (Lipinski definition) is 0. The predicted octanol–water partition coefficient (Wildman–Crippen LogP) is 4.70. The number of nitro groups is 1. The van der Waals surface area contributed by atoms with E-state index in [1.807, 2.05) is 19.1 Å². The summed E-state index contributed by atoms with van der Waals surface area (Å²) in [6, 6.07) is 16.3. The van der Waals surface area contributed by atoms with Gasteiger partial charge in [0.15, 0.2) is 0 Å². The summed E-state index contributed by atoms with van der Waals surface area (Å²) in [5, 5.41) is 23.5. The Morgan fingerprint density at radius 3 is 2.54 bits per heavy atom. The monoisotopic (exact) mass is 634 g/mol. The van der Waals surface area contributed by atoms with Crippen molar-refractivity contribution in [1.82, 2.24) is 4.90 Å². The molecule has 1 aliphatic heterocycles. The first kappa shape index (κ1) is 33.7. The third kappa shape index (κ3) is 8.93. The van der Waals surface area contributed by atoms with Crippen LogP contribution in [0.15, 0.2) is 66.9 Å². The topological polar surface area (TPSA) is 155 Å². The van der Waals surface area contributed by atoms with Crippen LogP contribution in [0.1, 0.15) is 49.3 Å². The molecule has 1 aliphatic rings. The third-order valence-corrected chi connectivity index (χ3v) is 7.65. The smallest absolute Gasteiger partial charge is 0.507 e. The number of aromatic nitrogens is 1. The molecule has 4 rings (SSSR count). The molecule has 0 saturated carbocycles. The fourth-order valence-electron chi connectivity index (χ4n) is 5.18. The van der Waals surface area contributed by atoms with Crippen molar-refractivity contribution in [3.8, 4) is 5.75 Å². The van der Waals surface area contributed by atoms with Gasteiger partial charge in [-0.15, -0.1) is 0 Å². The highest BCUT2D eigenvalue weighted by Crippen LogP contribution is 2.30. The zero-order valence-electron chi connectivity index (χ0n) is 26.0. The number of methoxy groups -OCH3 is 1. The molecule has 1 atom stereocenters. The normalized spacial score (nSPS) is 14.2. The number of hydrogen-bond acceptors (Lipinski definition) is 9. The molecule has 0 fully saturated rings. The Morgan fingerprint density at radius 2 is 1.85 bits per heavy atom. The lowest BCUT2D eigenvalue weighted by atomic mass is 9.94. The molecule has 0 spiro atoms. The van der Waals surface area contributed by atoms with E-state index in [0.29, 0.717) is 35.3 Å². The summed E-state index contributed by atoms with van der Waals surface area (Å²) >= 11 is 0. The lowest BCUT2D eigenvalue weighted by Gasteiger charge is -2.24. The van der Waals surface area contributed by atoms with E-state index in [1.54, 1.807) is 41.3 Å². The first-order valence-electron chi connectivity index (χ1n) is 15.2. The molecule has 0 radical (unpaired) electrons. The Bertz CT molecular complexity index is 1530. The number of pyridine rings is 1. The molecule has 13 nitrogen and oxygen atoms in total. The Balaban J connectivity index is 1.46. The van der Waals surface area contributed by atoms with Crippen LogP contribution < -0.4 is 14.4 Å². The van der Waals surface area contributed by atoms with Crippen molar-refractivity contribution in [1.29, 1.82) is 0 Å². The first-order chi connectivity index (χ1) is 22.2. The second-order valence-corrected chi connectivity index (χ2v) is 10.9. The van der Waals surface area contributed by atoms with Crippen LogP contribution in [-0.4, -0.2) is 54.7 Å². The zero-order chi connectivity index (χ0) is 33.1. The molecule has 0 bridgehead atoms. The van der Waals surface area contributed by atoms with Gasteiger partial charge in [-0.1, -0.05) is 37.6 Å². The summed E-state index contributed by atoms with van der Waals surface area (Å²) in [4.78, 5) is 52.1. The number of benzene rings is 2. The maximum Gasteiger partial charge on any atom is 0.507 e. The van der Waals surface area contributed by atoms with Gasteiger partial charge in [0.1, 0.15) is 12.3 Å². The van der Waals surface area contributed by atoms with E-state index in [2.05, 4.69) is 0 Å². The van der Waals surface area contributed by atoms with Gasteiger partial charge in [-0.2, -0.15) is 9.69 Å². The summed E-state index contributed by atoms with van der Waals surface area (Å²) in [5.41, 5.74) is 2.40. The second-order valence-electron chi connectivity index (χ2n) is 10.9. The summed E-state index contributed by atoms with van der Waals surface area (Å²) < 4.78 is 16.8. The van der Waals surface area contributed by atoms with Crippen molar-refractivity contribution in [3.05, 3.63) is 98.9 Å². The van der Waals surface area contributed by atoms with Gasteiger partial charge in [0, 0.05) is 37.7 Å². The van der Waals surface area contributed by atoms with Gasteiger partial charge in [-0.05, 0) is 47.7 Å². The zero-order valence-corrected chi connectivity index (χ0v) is 26.0. The van der Waals surface area contributed by atoms with Crippen molar-refractivity contribution in [3.63, 3.8) is 0 Å². The molecule has 2 heterocycles. The molecule has 1 aromatic heterocycles. The van der Waals surface area contributed by atoms with Crippen LogP contribution in [-0.2, 0) is 38.6 Å². The maximum atomic E-state index is 13.6. The molecule has 46 heavy (non-hydrogen) atoms. The van der Waals surface area contributed by atoms with Gasteiger partial charge >= 0.3 is 12.1 Å². The van der Waals surface area contributed by atoms with Gasteiger partial charge in [0.2, 0.25) is 5.91 Å². The van der Waals surface area contributed by atoms with Crippen molar-refractivity contribution in [2.45, 2.75) is 52.1 Å². The molecule has 0 N–H and O–H groups in total. The Kier molecular flexibility index (Phi) is 11.9. The van der Waals surface area contributed by atoms with E-state index in [9.17, 15) is 29.7 Å². The minimum Gasteiger partial charge on any atom is -0.711 e. The van der Waals surface area contributed by atoms with Gasteiger partial charge in [0.05, 0.1) is 43.8 Å². The van der Waals surface area contributed by atoms with Crippen molar-refractivity contribution in [2.24, 2.45) is 5.92 Å².